The van der Waals surface area contributed by atoms with E-state index in [4.69, 9.17) is 16.3 Å². The van der Waals surface area contributed by atoms with Gasteiger partial charge in [0.1, 0.15) is 18.1 Å². The molecule has 1 aromatic carbocycles. The van der Waals surface area contributed by atoms with Gasteiger partial charge in [-0.1, -0.05) is 50.6 Å². The highest BCUT2D eigenvalue weighted by Gasteiger charge is 2.18. The van der Waals surface area contributed by atoms with Gasteiger partial charge in [0.25, 0.3) is 0 Å². The molecule has 2 aromatic rings. The minimum absolute atomic E-state index is 0.0439. The third-order valence-electron chi connectivity index (χ3n) is 2.76. The fourth-order valence-corrected chi connectivity index (χ4v) is 1.89. The molecule has 0 amide bonds. The molecule has 0 aliphatic carbocycles. The fraction of sp³-hybridized carbons (Fsp3) is 0.333. The number of benzene rings is 1. The molecule has 0 atom stereocenters. The highest BCUT2D eigenvalue weighted by atomic mass is 35.5. The number of para-hydroxylation sites is 1. The predicted octanol–water partition coefficient (Wildman–Crippen LogP) is 4.01. The molecule has 0 bridgehead atoms. The van der Waals surface area contributed by atoms with E-state index in [1.54, 1.807) is 6.07 Å². The third-order valence-corrected chi connectivity index (χ3v) is 2.96. The van der Waals surface area contributed by atoms with Crippen LogP contribution in [-0.4, -0.2) is 10.2 Å². The Hall–Kier alpha value is -1.61. The topological polar surface area (TPSA) is 35.0 Å². The van der Waals surface area contributed by atoms with E-state index in [-0.39, 0.29) is 5.41 Å². The van der Waals surface area contributed by atoms with Crippen LogP contribution in [0.5, 0.6) is 5.75 Å². The normalized spacial score (nSPS) is 11.4. The van der Waals surface area contributed by atoms with Gasteiger partial charge < -0.3 is 4.74 Å². The Kier molecular flexibility index (Phi) is 4.05. The summed E-state index contributed by atoms with van der Waals surface area (Å²) in [6.45, 7) is 6.88. The Morgan fingerprint density at radius 3 is 2.42 bits per heavy atom. The third kappa shape index (κ3) is 3.67. The molecule has 0 aliphatic rings. The average molecular weight is 277 g/mol. The lowest BCUT2D eigenvalue weighted by Crippen LogP contribution is -2.13. The number of hydrogen-bond acceptors (Lipinski definition) is 3. The number of hydrogen-bond donors (Lipinski definition) is 0. The van der Waals surface area contributed by atoms with Crippen molar-refractivity contribution >= 4 is 11.6 Å². The zero-order valence-electron chi connectivity index (χ0n) is 11.4. The zero-order valence-corrected chi connectivity index (χ0v) is 12.1. The summed E-state index contributed by atoms with van der Waals surface area (Å²) < 4.78 is 5.84. The SMILES string of the molecule is CC(C)(C)c1ccccc1OCc1ccc(Cl)nn1. The number of ether oxygens (including phenoxy) is 1. The molecule has 0 aliphatic heterocycles. The van der Waals surface area contributed by atoms with Crippen molar-refractivity contribution in [1.29, 1.82) is 0 Å². The van der Waals surface area contributed by atoms with Crippen LogP contribution in [0.4, 0.5) is 0 Å². The fourth-order valence-electron chi connectivity index (χ4n) is 1.78. The average Bonchev–Trinajstić information content (AvgIpc) is 2.37. The summed E-state index contributed by atoms with van der Waals surface area (Å²) in [7, 11) is 0. The van der Waals surface area contributed by atoms with Gasteiger partial charge in [0, 0.05) is 0 Å². The van der Waals surface area contributed by atoms with Crippen molar-refractivity contribution in [1.82, 2.24) is 10.2 Å². The van der Waals surface area contributed by atoms with E-state index >= 15 is 0 Å². The Morgan fingerprint density at radius 1 is 1.05 bits per heavy atom. The van der Waals surface area contributed by atoms with Crippen LogP contribution in [0.1, 0.15) is 32.0 Å². The first-order valence-electron chi connectivity index (χ1n) is 6.17. The second kappa shape index (κ2) is 5.57. The minimum Gasteiger partial charge on any atom is -0.487 e. The second-order valence-corrected chi connectivity index (χ2v) is 5.77. The van der Waals surface area contributed by atoms with Crippen molar-refractivity contribution in [2.24, 2.45) is 0 Å². The highest BCUT2D eigenvalue weighted by molar-refractivity contribution is 6.29. The van der Waals surface area contributed by atoms with E-state index in [2.05, 4.69) is 37.0 Å². The van der Waals surface area contributed by atoms with Gasteiger partial charge in [0.05, 0.1) is 0 Å². The summed E-state index contributed by atoms with van der Waals surface area (Å²) in [5, 5.41) is 8.16. The lowest BCUT2D eigenvalue weighted by atomic mass is 9.86. The molecule has 0 spiro atoms. The van der Waals surface area contributed by atoms with E-state index in [0.29, 0.717) is 11.8 Å². The van der Waals surface area contributed by atoms with Crippen LogP contribution >= 0.6 is 11.6 Å². The van der Waals surface area contributed by atoms with Crippen molar-refractivity contribution < 1.29 is 4.74 Å². The van der Waals surface area contributed by atoms with Gasteiger partial charge in [0.15, 0.2) is 5.15 Å². The summed E-state index contributed by atoms with van der Waals surface area (Å²) in [4.78, 5) is 0. The van der Waals surface area contributed by atoms with Gasteiger partial charge in [-0.25, -0.2) is 0 Å². The lowest BCUT2D eigenvalue weighted by Gasteiger charge is -2.22. The predicted molar refractivity (Wildman–Crippen MR) is 76.5 cm³/mol. The van der Waals surface area contributed by atoms with Crippen molar-refractivity contribution in [2.45, 2.75) is 32.8 Å². The van der Waals surface area contributed by atoms with Gasteiger partial charge in [0.2, 0.25) is 0 Å². The van der Waals surface area contributed by atoms with Crippen molar-refractivity contribution in [3.63, 3.8) is 0 Å². The largest absolute Gasteiger partial charge is 0.487 e. The number of aromatic nitrogens is 2. The Bertz CT molecular complexity index is 547. The standard InChI is InChI=1S/C15H17ClN2O/c1-15(2,3)12-6-4-5-7-13(12)19-10-11-8-9-14(16)18-17-11/h4-9H,10H2,1-3H3. The molecular formula is C15H17ClN2O. The first-order valence-corrected chi connectivity index (χ1v) is 6.55. The molecule has 19 heavy (non-hydrogen) atoms. The molecule has 1 heterocycles. The van der Waals surface area contributed by atoms with Gasteiger partial charge >= 0.3 is 0 Å². The number of rotatable bonds is 3. The Labute approximate surface area is 118 Å². The van der Waals surface area contributed by atoms with Crippen LogP contribution in [0.15, 0.2) is 36.4 Å². The zero-order chi connectivity index (χ0) is 13.9. The molecule has 0 radical (unpaired) electrons. The molecule has 0 saturated carbocycles. The molecule has 0 fully saturated rings. The van der Waals surface area contributed by atoms with Gasteiger partial charge in [-0.3, -0.25) is 0 Å². The minimum atomic E-state index is 0.0439. The number of halogens is 1. The van der Waals surface area contributed by atoms with Crippen LogP contribution in [0.25, 0.3) is 0 Å². The molecule has 0 unspecified atom stereocenters. The maximum absolute atomic E-state index is 5.84. The molecule has 0 N–H and O–H groups in total. The lowest BCUT2D eigenvalue weighted by molar-refractivity contribution is 0.291. The summed E-state index contributed by atoms with van der Waals surface area (Å²) in [5.74, 6) is 0.881. The van der Waals surface area contributed by atoms with Crippen molar-refractivity contribution in [3.8, 4) is 5.75 Å². The van der Waals surface area contributed by atoms with Crippen molar-refractivity contribution in [3.05, 3.63) is 52.8 Å². The number of nitrogens with zero attached hydrogens (tertiary/aromatic N) is 2. The molecule has 0 saturated heterocycles. The smallest absolute Gasteiger partial charge is 0.151 e. The molecule has 2 rings (SSSR count). The van der Waals surface area contributed by atoms with Gasteiger partial charge in [-0.2, -0.15) is 5.10 Å². The van der Waals surface area contributed by atoms with Crippen LogP contribution in [0, 0.1) is 0 Å². The van der Waals surface area contributed by atoms with Gasteiger partial charge in [-0.05, 0) is 29.2 Å². The van der Waals surface area contributed by atoms with Crippen molar-refractivity contribution in [2.75, 3.05) is 0 Å². The van der Waals surface area contributed by atoms with Gasteiger partial charge in [-0.15, -0.1) is 5.10 Å². The molecule has 3 nitrogen and oxygen atoms in total. The summed E-state index contributed by atoms with van der Waals surface area (Å²) >= 11 is 5.70. The Morgan fingerprint density at radius 2 is 1.79 bits per heavy atom. The van der Waals surface area contributed by atoms with E-state index in [1.165, 1.54) is 5.56 Å². The second-order valence-electron chi connectivity index (χ2n) is 5.38. The first kappa shape index (κ1) is 13.8. The van der Waals surface area contributed by atoms with E-state index in [0.717, 1.165) is 11.4 Å². The maximum Gasteiger partial charge on any atom is 0.151 e. The summed E-state index contributed by atoms with van der Waals surface area (Å²) in [6, 6.07) is 11.6. The Balaban J connectivity index is 2.14. The summed E-state index contributed by atoms with van der Waals surface area (Å²) in [5.41, 5.74) is 1.98. The maximum atomic E-state index is 5.84. The van der Waals surface area contributed by atoms with Crippen LogP contribution in [0.3, 0.4) is 0 Å². The summed E-state index contributed by atoms with van der Waals surface area (Å²) in [6.07, 6.45) is 0. The van der Waals surface area contributed by atoms with E-state index < -0.39 is 0 Å². The van der Waals surface area contributed by atoms with E-state index in [1.807, 2.05) is 24.3 Å². The molecule has 1 aromatic heterocycles. The van der Waals surface area contributed by atoms with Crippen LogP contribution in [-0.2, 0) is 12.0 Å². The molecular weight excluding hydrogens is 260 g/mol. The molecule has 100 valence electrons. The highest BCUT2D eigenvalue weighted by Crippen LogP contribution is 2.31. The monoisotopic (exact) mass is 276 g/mol. The van der Waals surface area contributed by atoms with E-state index in [9.17, 15) is 0 Å². The molecule has 4 heteroatoms. The first-order chi connectivity index (χ1) is 8.97. The van der Waals surface area contributed by atoms with Crippen LogP contribution in [0.2, 0.25) is 5.15 Å². The quantitative estimate of drug-likeness (QED) is 0.850. The van der Waals surface area contributed by atoms with Crippen LogP contribution < -0.4 is 4.74 Å².